The topological polar surface area (TPSA) is 94.6 Å². The molecule has 3 saturated carbocycles. The maximum Gasteiger partial charge on any atom is 0.338 e. The van der Waals surface area contributed by atoms with Gasteiger partial charge in [0, 0.05) is 29.1 Å². The Labute approximate surface area is 241 Å². The van der Waals surface area contributed by atoms with E-state index in [2.05, 4.69) is 34.3 Å². The van der Waals surface area contributed by atoms with E-state index >= 15 is 0 Å². The molecular weight excluding hydrogens is 520 g/mol. The van der Waals surface area contributed by atoms with E-state index in [1.165, 1.54) is 0 Å². The molecule has 0 aromatic heterocycles. The van der Waals surface area contributed by atoms with Gasteiger partial charge in [-0.25, -0.2) is 4.79 Å². The molecule has 8 rings (SSSR count). The highest BCUT2D eigenvalue weighted by molar-refractivity contribution is 5.98. The molecule has 3 heterocycles. The Balaban J connectivity index is 1.29. The molecule has 1 aromatic rings. The summed E-state index contributed by atoms with van der Waals surface area (Å²) in [6.45, 7) is 13.5. The fourth-order valence-corrected chi connectivity index (χ4v) is 11.7. The van der Waals surface area contributed by atoms with Crippen LogP contribution >= 0.6 is 0 Å². The van der Waals surface area contributed by atoms with Gasteiger partial charge < -0.3 is 24.1 Å². The van der Waals surface area contributed by atoms with Gasteiger partial charge >= 0.3 is 5.97 Å². The largest absolute Gasteiger partial charge is 0.470 e. The first kappa shape index (κ1) is 26.2. The van der Waals surface area contributed by atoms with E-state index in [4.69, 9.17) is 18.9 Å². The summed E-state index contributed by atoms with van der Waals surface area (Å²) in [6.07, 6.45) is 5.02. The van der Waals surface area contributed by atoms with Crippen molar-refractivity contribution in [2.24, 2.45) is 45.3 Å². The SMILES string of the molecule is C=C1OC(O)CC1C1CCC2C1(C)CC1OC13C1(C)C(=O)C=CC4(C)COC(C41)C(OC(=O)c1ccccc1)C23C. The van der Waals surface area contributed by atoms with Crippen molar-refractivity contribution < 1.29 is 33.6 Å². The van der Waals surface area contributed by atoms with Crippen molar-refractivity contribution in [3.8, 4) is 0 Å². The number of carbonyl (C=O) groups is 2. The first-order valence-electron chi connectivity index (χ1n) is 15.2. The van der Waals surface area contributed by atoms with E-state index in [0.29, 0.717) is 24.4 Å². The summed E-state index contributed by atoms with van der Waals surface area (Å²) >= 11 is 0. The van der Waals surface area contributed by atoms with E-state index in [-0.39, 0.29) is 52.4 Å². The Hall–Kier alpha value is -2.48. The van der Waals surface area contributed by atoms with Crippen LogP contribution in [0.25, 0.3) is 0 Å². The molecule has 6 fully saturated rings. The minimum atomic E-state index is -0.823. The normalized spacial score (nSPS) is 54.1. The number of carbonyl (C=O) groups excluding carboxylic acids is 2. The highest BCUT2D eigenvalue weighted by atomic mass is 16.6. The van der Waals surface area contributed by atoms with Crippen molar-refractivity contribution in [1.82, 2.24) is 0 Å². The molecule has 218 valence electrons. The third-order valence-corrected chi connectivity index (χ3v) is 13.2. The van der Waals surface area contributed by atoms with Crippen molar-refractivity contribution in [1.29, 1.82) is 0 Å². The second kappa shape index (κ2) is 7.91. The number of hydrogen-bond acceptors (Lipinski definition) is 7. The lowest BCUT2D eigenvalue weighted by Crippen LogP contribution is -2.76. The van der Waals surface area contributed by atoms with Crippen LogP contribution in [-0.2, 0) is 23.7 Å². The van der Waals surface area contributed by atoms with Crippen molar-refractivity contribution in [2.45, 2.75) is 83.6 Å². The number of aliphatic hydroxyl groups excluding tert-OH is 1. The number of esters is 1. The summed E-state index contributed by atoms with van der Waals surface area (Å²) in [6, 6.07) is 9.13. The first-order valence-corrected chi connectivity index (χ1v) is 15.2. The lowest BCUT2D eigenvalue weighted by Gasteiger charge is -2.66. The number of allylic oxidation sites excluding steroid dienone is 2. The molecule has 13 atom stereocenters. The summed E-state index contributed by atoms with van der Waals surface area (Å²) in [5.41, 5.74) is -2.28. The molecule has 0 radical (unpaired) electrons. The van der Waals surface area contributed by atoms with Gasteiger partial charge in [0.1, 0.15) is 11.7 Å². The van der Waals surface area contributed by atoms with Crippen LogP contribution in [-0.4, -0.2) is 53.7 Å². The van der Waals surface area contributed by atoms with Crippen LogP contribution in [0.5, 0.6) is 0 Å². The van der Waals surface area contributed by atoms with Gasteiger partial charge in [0.05, 0.1) is 35.6 Å². The average Bonchev–Trinajstić information content (AvgIpc) is 3.21. The Morgan fingerprint density at radius 2 is 1.88 bits per heavy atom. The van der Waals surface area contributed by atoms with E-state index < -0.39 is 34.9 Å². The summed E-state index contributed by atoms with van der Waals surface area (Å²) in [4.78, 5) is 27.9. The van der Waals surface area contributed by atoms with Gasteiger partial charge in [0.15, 0.2) is 12.1 Å². The third kappa shape index (κ3) is 2.87. The Morgan fingerprint density at radius 3 is 2.59 bits per heavy atom. The predicted octanol–water partition coefficient (Wildman–Crippen LogP) is 4.84. The van der Waals surface area contributed by atoms with Gasteiger partial charge in [-0.3, -0.25) is 4.79 Å². The number of rotatable bonds is 3. The third-order valence-electron chi connectivity index (χ3n) is 13.2. The van der Waals surface area contributed by atoms with Crippen LogP contribution in [0.3, 0.4) is 0 Å². The van der Waals surface area contributed by atoms with Gasteiger partial charge in [-0.15, -0.1) is 0 Å². The van der Waals surface area contributed by atoms with Crippen molar-refractivity contribution in [3.05, 3.63) is 60.4 Å². The van der Waals surface area contributed by atoms with E-state index in [1.807, 2.05) is 24.3 Å². The maximum absolute atomic E-state index is 14.1. The molecule has 41 heavy (non-hydrogen) atoms. The molecule has 3 saturated heterocycles. The number of ether oxygens (including phenoxy) is 4. The highest BCUT2D eigenvalue weighted by Crippen LogP contribution is 2.82. The summed E-state index contributed by atoms with van der Waals surface area (Å²) in [5.74, 6) is 0.610. The van der Waals surface area contributed by atoms with Crippen LogP contribution in [0.15, 0.2) is 54.8 Å². The van der Waals surface area contributed by atoms with Crippen LogP contribution in [0.4, 0.5) is 0 Å². The number of hydrogen-bond donors (Lipinski definition) is 1. The number of ketones is 1. The summed E-state index contributed by atoms with van der Waals surface area (Å²) < 4.78 is 25.9. The molecular formula is C34H40O7. The van der Waals surface area contributed by atoms with Gasteiger partial charge in [-0.2, -0.15) is 0 Å². The van der Waals surface area contributed by atoms with Gasteiger partial charge in [0.25, 0.3) is 0 Å². The first-order chi connectivity index (χ1) is 19.4. The standard InChI is InChI=1S/C34H40O7/c1-18-20(15-25(36)39-18)21-11-12-22-31(21,3)16-24-34(41-24)32(22,4)28(40-29(37)19-9-7-6-8-10-19)26-27-30(2,17-38-26)14-13-23(35)33(27,34)5/h6-10,13-14,20-22,24-28,36H,1,11-12,15-17H2,2-5H3. The molecule has 4 aliphatic carbocycles. The Morgan fingerprint density at radius 1 is 1.12 bits per heavy atom. The molecule has 7 heteroatoms. The second-order valence-electron chi connectivity index (χ2n) is 14.8. The number of benzene rings is 1. The van der Waals surface area contributed by atoms with Crippen molar-refractivity contribution in [3.63, 3.8) is 0 Å². The minimum absolute atomic E-state index is 0.0531. The zero-order chi connectivity index (χ0) is 28.7. The Kier molecular flexibility index (Phi) is 5.05. The summed E-state index contributed by atoms with van der Waals surface area (Å²) in [7, 11) is 0. The highest BCUT2D eigenvalue weighted by Gasteiger charge is 2.91. The monoisotopic (exact) mass is 560 g/mol. The molecule has 1 spiro atoms. The zero-order valence-electron chi connectivity index (χ0n) is 24.3. The second-order valence-corrected chi connectivity index (χ2v) is 14.8. The van der Waals surface area contributed by atoms with Gasteiger partial charge in [0.2, 0.25) is 0 Å². The number of epoxide rings is 1. The van der Waals surface area contributed by atoms with Crippen molar-refractivity contribution >= 4 is 11.8 Å². The molecule has 0 amide bonds. The van der Waals surface area contributed by atoms with E-state index in [1.54, 1.807) is 18.2 Å². The van der Waals surface area contributed by atoms with Crippen LogP contribution < -0.4 is 0 Å². The Bertz CT molecular complexity index is 1390. The lowest BCUT2D eigenvalue weighted by atomic mass is 9.36. The van der Waals surface area contributed by atoms with Gasteiger partial charge in [-0.1, -0.05) is 51.6 Å². The van der Waals surface area contributed by atoms with Crippen molar-refractivity contribution in [2.75, 3.05) is 6.61 Å². The molecule has 13 unspecified atom stereocenters. The van der Waals surface area contributed by atoms with Crippen LogP contribution in [0.2, 0.25) is 0 Å². The molecule has 1 N–H and O–H groups in total. The minimum Gasteiger partial charge on any atom is -0.470 e. The molecule has 7 aliphatic rings. The van der Waals surface area contributed by atoms with E-state index in [9.17, 15) is 14.7 Å². The van der Waals surface area contributed by atoms with Crippen LogP contribution in [0.1, 0.15) is 63.7 Å². The fourth-order valence-electron chi connectivity index (χ4n) is 11.7. The number of fused-ring (bicyclic) bond motifs is 2. The molecule has 3 aliphatic heterocycles. The predicted molar refractivity (Wildman–Crippen MR) is 148 cm³/mol. The summed E-state index contributed by atoms with van der Waals surface area (Å²) in [5, 5.41) is 10.3. The van der Waals surface area contributed by atoms with Gasteiger partial charge in [-0.05, 0) is 61.6 Å². The average molecular weight is 561 g/mol. The number of aliphatic hydroxyl groups is 1. The maximum atomic E-state index is 14.1. The molecule has 1 aromatic carbocycles. The molecule has 0 bridgehead atoms. The fraction of sp³-hybridized carbons (Fsp3) is 0.647. The molecule has 7 nitrogen and oxygen atoms in total. The lowest BCUT2D eigenvalue weighted by molar-refractivity contribution is -0.236. The zero-order valence-corrected chi connectivity index (χ0v) is 24.3. The van der Waals surface area contributed by atoms with E-state index in [0.717, 1.165) is 19.3 Å². The smallest absolute Gasteiger partial charge is 0.338 e. The van der Waals surface area contributed by atoms with Crippen LogP contribution in [0, 0.1) is 45.3 Å². The quantitative estimate of drug-likeness (QED) is 0.418.